The summed E-state index contributed by atoms with van der Waals surface area (Å²) in [6.07, 6.45) is 1.24. The van der Waals surface area contributed by atoms with Crippen molar-refractivity contribution in [2.75, 3.05) is 26.3 Å². The Morgan fingerprint density at radius 1 is 1.50 bits per heavy atom. The van der Waals surface area contributed by atoms with Crippen molar-refractivity contribution in [2.45, 2.75) is 18.4 Å². The molecule has 1 aliphatic rings. The van der Waals surface area contributed by atoms with Crippen LogP contribution in [-0.2, 0) is 4.74 Å². The molecule has 0 aliphatic carbocycles. The highest BCUT2D eigenvalue weighted by Crippen LogP contribution is 2.18. The van der Waals surface area contributed by atoms with Gasteiger partial charge in [-0.1, -0.05) is 5.16 Å². The van der Waals surface area contributed by atoms with Gasteiger partial charge in [-0.2, -0.15) is 0 Å². The molecular formula is C8H17N3O3. The zero-order valence-corrected chi connectivity index (χ0v) is 8.07. The van der Waals surface area contributed by atoms with Gasteiger partial charge in [0.2, 0.25) is 0 Å². The van der Waals surface area contributed by atoms with E-state index in [-0.39, 0.29) is 12.4 Å². The molecule has 6 heteroatoms. The third kappa shape index (κ3) is 3.49. The molecule has 1 saturated heterocycles. The van der Waals surface area contributed by atoms with Crippen LogP contribution in [0.15, 0.2) is 5.16 Å². The van der Waals surface area contributed by atoms with E-state index in [1.807, 2.05) is 0 Å². The van der Waals surface area contributed by atoms with Crippen molar-refractivity contribution in [3.05, 3.63) is 0 Å². The normalized spacial score (nSPS) is 22.2. The van der Waals surface area contributed by atoms with E-state index in [4.69, 9.17) is 15.7 Å². The first-order valence-electron chi connectivity index (χ1n) is 4.63. The third-order valence-corrected chi connectivity index (χ3v) is 2.31. The molecule has 0 aromatic carbocycles. The molecule has 1 heterocycles. The van der Waals surface area contributed by atoms with E-state index in [0.29, 0.717) is 32.6 Å². The van der Waals surface area contributed by atoms with Crippen LogP contribution >= 0.6 is 0 Å². The summed E-state index contributed by atoms with van der Waals surface area (Å²) in [4.78, 5) is 0. The highest BCUT2D eigenvalue weighted by Gasteiger charge is 2.29. The second-order valence-electron chi connectivity index (χ2n) is 3.53. The second kappa shape index (κ2) is 5.14. The number of nitrogens with one attached hydrogen (secondary N) is 1. The minimum atomic E-state index is -0.714. The second-order valence-corrected chi connectivity index (χ2v) is 3.53. The molecule has 14 heavy (non-hydrogen) atoms. The van der Waals surface area contributed by atoms with Crippen molar-refractivity contribution in [3.8, 4) is 0 Å². The van der Waals surface area contributed by atoms with Gasteiger partial charge >= 0.3 is 0 Å². The molecule has 6 nitrogen and oxygen atoms in total. The maximum Gasteiger partial charge on any atom is 0.153 e. The summed E-state index contributed by atoms with van der Waals surface area (Å²) in [7, 11) is 0. The molecule has 1 rings (SSSR count). The van der Waals surface area contributed by atoms with Crippen LogP contribution in [-0.4, -0.2) is 48.1 Å². The quantitative estimate of drug-likeness (QED) is 0.200. The van der Waals surface area contributed by atoms with Gasteiger partial charge in [0.1, 0.15) is 0 Å². The minimum absolute atomic E-state index is 0.112. The number of hydrogen-bond donors (Lipinski definition) is 4. The third-order valence-electron chi connectivity index (χ3n) is 2.31. The molecular weight excluding hydrogens is 186 g/mol. The lowest BCUT2D eigenvalue weighted by molar-refractivity contribution is -0.0609. The van der Waals surface area contributed by atoms with Crippen molar-refractivity contribution < 1.29 is 15.1 Å². The van der Waals surface area contributed by atoms with Crippen LogP contribution < -0.4 is 11.1 Å². The summed E-state index contributed by atoms with van der Waals surface area (Å²) in [5.41, 5.74) is 4.55. The van der Waals surface area contributed by atoms with Gasteiger partial charge in [-0.3, -0.25) is 0 Å². The van der Waals surface area contributed by atoms with Gasteiger partial charge in [0.05, 0.1) is 12.1 Å². The largest absolute Gasteiger partial charge is 0.409 e. The summed E-state index contributed by atoms with van der Waals surface area (Å²) in [6.45, 7) is 1.88. The average Bonchev–Trinajstić information content (AvgIpc) is 2.18. The lowest BCUT2D eigenvalue weighted by atomic mass is 9.94. The SMILES string of the molecule is NC(CNCC1(O)CCOCC1)=NO. The first-order valence-corrected chi connectivity index (χ1v) is 4.63. The zero-order chi connectivity index (χ0) is 10.4. The standard InChI is InChI=1S/C8H17N3O3/c9-7(11-13)5-10-6-8(12)1-3-14-4-2-8/h10,12-13H,1-6H2,(H2,9,11). The maximum atomic E-state index is 9.97. The predicted molar refractivity (Wildman–Crippen MR) is 51.3 cm³/mol. The molecule has 0 aromatic heterocycles. The van der Waals surface area contributed by atoms with E-state index in [9.17, 15) is 5.11 Å². The lowest BCUT2D eigenvalue weighted by Crippen LogP contribution is -2.46. The number of ether oxygens (including phenoxy) is 1. The van der Waals surface area contributed by atoms with Gasteiger partial charge in [0.25, 0.3) is 0 Å². The number of rotatable bonds is 4. The number of aliphatic hydroxyl groups is 1. The topological polar surface area (TPSA) is 100 Å². The molecule has 82 valence electrons. The molecule has 0 bridgehead atoms. The Bertz CT molecular complexity index is 202. The van der Waals surface area contributed by atoms with E-state index in [1.54, 1.807) is 0 Å². The highest BCUT2D eigenvalue weighted by atomic mass is 16.5. The van der Waals surface area contributed by atoms with E-state index in [1.165, 1.54) is 0 Å². The molecule has 0 spiro atoms. The summed E-state index contributed by atoms with van der Waals surface area (Å²) in [5.74, 6) is 0.112. The van der Waals surface area contributed by atoms with Crippen LogP contribution in [0.2, 0.25) is 0 Å². The van der Waals surface area contributed by atoms with Crippen LogP contribution in [0.4, 0.5) is 0 Å². The Balaban J connectivity index is 2.22. The van der Waals surface area contributed by atoms with Crippen molar-refractivity contribution in [3.63, 3.8) is 0 Å². The Morgan fingerprint density at radius 3 is 2.71 bits per heavy atom. The summed E-state index contributed by atoms with van der Waals surface area (Å²) < 4.78 is 5.14. The van der Waals surface area contributed by atoms with Crippen molar-refractivity contribution in [2.24, 2.45) is 10.9 Å². The lowest BCUT2D eigenvalue weighted by Gasteiger charge is -2.32. The van der Waals surface area contributed by atoms with E-state index < -0.39 is 5.60 Å². The number of oxime groups is 1. The zero-order valence-electron chi connectivity index (χ0n) is 8.07. The van der Waals surface area contributed by atoms with Crippen LogP contribution in [0.5, 0.6) is 0 Å². The fraction of sp³-hybridized carbons (Fsp3) is 0.875. The van der Waals surface area contributed by atoms with E-state index >= 15 is 0 Å². The van der Waals surface area contributed by atoms with Crippen LogP contribution in [0.1, 0.15) is 12.8 Å². The molecule has 0 atom stereocenters. The maximum absolute atomic E-state index is 9.97. The highest BCUT2D eigenvalue weighted by molar-refractivity contribution is 5.81. The predicted octanol–water partition coefficient (Wildman–Crippen LogP) is -1.14. The van der Waals surface area contributed by atoms with Gasteiger partial charge in [0, 0.05) is 32.6 Å². The molecule has 5 N–H and O–H groups in total. The van der Waals surface area contributed by atoms with Crippen molar-refractivity contribution >= 4 is 5.84 Å². The molecule has 0 unspecified atom stereocenters. The molecule has 0 saturated carbocycles. The Morgan fingerprint density at radius 2 is 2.14 bits per heavy atom. The number of amidine groups is 1. The Labute approximate surface area is 82.7 Å². The molecule has 0 amide bonds. The first kappa shape index (κ1) is 11.2. The van der Waals surface area contributed by atoms with Crippen LogP contribution in [0.3, 0.4) is 0 Å². The first-order chi connectivity index (χ1) is 6.66. The number of hydrogen-bond acceptors (Lipinski definition) is 5. The number of nitrogens with two attached hydrogens (primary N) is 1. The fourth-order valence-corrected chi connectivity index (χ4v) is 1.39. The smallest absolute Gasteiger partial charge is 0.153 e. The molecule has 0 aromatic rings. The summed E-state index contributed by atoms with van der Waals surface area (Å²) >= 11 is 0. The average molecular weight is 203 g/mol. The fourth-order valence-electron chi connectivity index (χ4n) is 1.39. The van der Waals surface area contributed by atoms with Crippen LogP contribution in [0, 0.1) is 0 Å². The van der Waals surface area contributed by atoms with Gasteiger partial charge in [-0.15, -0.1) is 0 Å². The van der Waals surface area contributed by atoms with E-state index in [2.05, 4.69) is 10.5 Å². The van der Waals surface area contributed by atoms with Gasteiger partial charge < -0.3 is 26.1 Å². The summed E-state index contributed by atoms with van der Waals surface area (Å²) in [5, 5.41) is 24.0. The van der Waals surface area contributed by atoms with E-state index in [0.717, 1.165) is 0 Å². The Kier molecular flexibility index (Phi) is 4.12. The van der Waals surface area contributed by atoms with Gasteiger partial charge in [-0.05, 0) is 0 Å². The van der Waals surface area contributed by atoms with Gasteiger partial charge in [-0.25, -0.2) is 0 Å². The van der Waals surface area contributed by atoms with Crippen LogP contribution in [0.25, 0.3) is 0 Å². The molecule has 1 aliphatic heterocycles. The summed E-state index contributed by atoms with van der Waals surface area (Å²) in [6, 6.07) is 0. The molecule has 1 fully saturated rings. The van der Waals surface area contributed by atoms with Gasteiger partial charge in [0.15, 0.2) is 5.84 Å². The Hall–Kier alpha value is -0.850. The number of nitrogens with zero attached hydrogens (tertiary/aromatic N) is 1. The van der Waals surface area contributed by atoms with Crippen molar-refractivity contribution in [1.29, 1.82) is 0 Å². The monoisotopic (exact) mass is 203 g/mol. The molecule has 0 radical (unpaired) electrons. The minimum Gasteiger partial charge on any atom is -0.409 e. The van der Waals surface area contributed by atoms with Crippen molar-refractivity contribution in [1.82, 2.24) is 5.32 Å².